The van der Waals surface area contributed by atoms with Gasteiger partial charge in [-0.15, -0.1) is 0 Å². The van der Waals surface area contributed by atoms with Gasteiger partial charge in [0.1, 0.15) is 0 Å². The number of rotatable bonds is 0. The Bertz CT molecular complexity index is 201. The predicted octanol–water partition coefficient (Wildman–Crippen LogP) is 4.41. The van der Waals surface area contributed by atoms with E-state index in [1.807, 2.05) is 0 Å². The van der Waals surface area contributed by atoms with Gasteiger partial charge in [0, 0.05) is 39.3 Å². The normalized spacial score (nSPS) is 22.1. The van der Waals surface area contributed by atoms with Gasteiger partial charge in [0.05, 0.1) is 0 Å². The summed E-state index contributed by atoms with van der Waals surface area (Å²) in [6.07, 6.45) is 12.2. The lowest BCUT2D eigenvalue weighted by atomic mass is 10.2. The van der Waals surface area contributed by atoms with Gasteiger partial charge >= 0.3 is 0 Å². The summed E-state index contributed by atoms with van der Waals surface area (Å²) in [6, 6.07) is 0. The monoisotopic (exact) mass is 411 g/mol. The molecule has 150 valence electrons. The summed E-state index contributed by atoms with van der Waals surface area (Å²) >= 11 is 12.6. The number of hydrogen-bond acceptors (Lipinski definition) is 6. The molecule has 0 amide bonds. The van der Waals surface area contributed by atoms with Gasteiger partial charge in [-0.25, -0.2) is 0 Å². The molecule has 0 aliphatic carbocycles. The Labute approximate surface area is 162 Å². The molecule has 0 aromatic carbocycles. The predicted molar refractivity (Wildman–Crippen MR) is 111 cm³/mol. The Morgan fingerprint density at radius 1 is 0.333 bits per heavy atom. The van der Waals surface area contributed by atoms with Gasteiger partial charge in [-0.2, -0.15) is 0 Å². The molecule has 3 nitrogen and oxygen atoms in total. The quantitative estimate of drug-likeness (QED) is 0.510. The molecule has 3 aliphatic heterocycles. The standard InChI is InChI=1S/3C5H11NS.3FH/c3*7-6-4-2-1-3-5-6;;;/h3*7H,1-5H2;3*1H. The third-order valence-corrected chi connectivity index (χ3v) is 5.20. The van der Waals surface area contributed by atoms with Crippen molar-refractivity contribution in [1.82, 2.24) is 12.9 Å². The van der Waals surface area contributed by atoms with Gasteiger partial charge in [-0.1, -0.05) is 57.7 Å². The van der Waals surface area contributed by atoms with Crippen LogP contribution in [0.3, 0.4) is 0 Å². The third kappa shape index (κ3) is 17.5. The third-order valence-electron chi connectivity index (χ3n) is 4.00. The fourth-order valence-electron chi connectivity index (χ4n) is 2.63. The van der Waals surface area contributed by atoms with Crippen molar-refractivity contribution in [2.45, 2.75) is 57.8 Å². The highest BCUT2D eigenvalue weighted by atomic mass is 32.1. The number of hydrogen-bond donors (Lipinski definition) is 3. The maximum Gasteiger partial charge on any atom is 0.00869 e. The van der Waals surface area contributed by atoms with Gasteiger partial charge in [0.2, 0.25) is 0 Å². The van der Waals surface area contributed by atoms with E-state index in [0.29, 0.717) is 0 Å². The van der Waals surface area contributed by atoms with Crippen LogP contribution in [0.2, 0.25) is 0 Å². The molecule has 3 saturated heterocycles. The summed E-state index contributed by atoms with van der Waals surface area (Å²) in [5.74, 6) is 0. The van der Waals surface area contributed by atoms with Crippen LogP contribution in [0.1, 0.15) is 57.8 Å². The summed E-state index contributed by atoms with van der Waals surface area (Å²) < 4.78 is 6.26. The second kappa shape index (κ2) is 20.0. The molecule has 0 N–H and O–H groups in total. The van der Waals surface area contributed by atoms with Crippen molar-refractivity contribution in [3.8, 4) is 0 Å². The molecule has 3 fully saturated rings. The molecule has 0 spiro atoms. The van der Waals surface area contributed by atoms with Crippen LogP contribution in [0, 0.1) is 0 Å². The molecular formula is C15H36F3N3S3. The highest BCUT2D eigenvalue weighted by Gasteiger charge is 2.04. The summed E-state index contributed by atoms with van der Waals surface area (Å²) in [4.78, 5) is 0. The Morgan fingerprint density at radius 2 is 0.500 bits per heavy atom. The van der Waals surface area contributed by atoms with E-state index in [1.165, 1.54) is 97.1 Å². The lowest BCUT2D eigenvalue weighted by Gasteiger charge is -2.19. The minimum absolute atomic E-state index is 0. The smallest absolute Gasteiger partial charge is 0.00869 e. The first-order valence-electron chi connectivity index (χ1n) is 8.50. The van der Waals surface area contributed by atoms with Crippen LogP contribution in [-0.4, -0.2) is 52.2 Å². The van der Waals surface area contributed by atoms with Crippen LogP contribution in [-0.2, 0) is 0 Å². The van der Waals surface area contributed by atoms with Crippen LogP contribution >= 0.6 is 38.4 Å². The Balaban J connectivity index is -0.000000259. The highest BCUT2D eigenvalue weighted by molar-refractivity contribution is 7.78. The van der Waals surface area contributed by atoms with Gasteiger partial charge in [-0.05, 0) is 38.5 Å². The first-order valence-corrected chi connectivity index (χ1v) is 9.70. The molecular weight excluding hydrogens is 375 g/mol. The van der Waals surface area contributed by atoms with Crippen molar-refractivity contribution in [3.05, 3.63) is 0 Å². The molecule has 0 atom stereocenters. The average Bonchev–Trinajstić information content (AvgIpc) is 2.51. The maximum atomic E-state index is 4.19. The van der Waals surface area contributed by atoms with Crippen molar-refractivity contribution in [2.24, 2.45) is 0 Å². The van der Waals surface area contributed by atoms with E-state index in [-0.39, 0.29) is 14.1 Å². The second-order valence-electron chi connectivity index (χ2n) is 6.04. The number of thiol groups is 3. The molecule has 3 aliphatic rings. The molecule has 9 heteroatoms. The molecule has 0 aromatic heterocycles. The van der Waals surface area contributed by atoms with E-state index in [9.17, 15) is 0 Å². The lowest BCUT2D eigenvalue weighted by Crippen LogP contribution is -2.19. The zero-order valence-electron chi connectivity index (χ0n) is 14.5. The second-order valence-corrected chi connectivity index (χ2v) is 7.74. The molecule has 0 radical (unpaired) electrons. The van der Waals surface area contributed by atoms with E-state index in [0.717, 1.165) is 0 Å². The molecule has 0 bridgehead atoms. The van der Waals surface area contributed by atoms with Gasteiger partial charge in [0.15, 0.2) is 0 Å². The minimum Gasteiger partial charge on any atom is -0.269 e. The summed E-state index contributed by atoms with van der Waals surface area (Å²) in [7, 11) is 0. The first-order chi connectivity index (χ1) is 10.2. The minimum atomic E-state index is 0. The van der Waals surface area contributed by atoms with Crippen LogP contribution in [0.25, 0.3) is 0 Å². The fourth-order valence-corrected chi connectivity index (χ4v) is 3.48. The van der Waals surface area contributed by atoms with E-state index < -0.39 is 0 Å². The van der Waals surface area contributed by atoms with E-state index in [4.69, 9.17) is 0 Å². The van der Waals surface area contributed by atoms with Crippen molar-refractivity contribution >= 4 is 38.4 Å². The summed E-state index contributed by atoms with van der Waals surface area (Å²) in [5.41, 5.74) is 0. The zero-order valence-corrected chi connectivity index (χ0v) is 17.2. The van der Waals surface area contributed by atoms with Gasteiger partial charge < -0.3 is 0 Å². The fraction of sp³-hybridized carbons (Fsp3) is 1.00. The number of halogens is 3. The molecule has 0 saturated carbocycles. The first kappa shape index (κ1) is 29.5. The van der Waals surface area contributed by atoms with Crippen molar-refractivity contribution in [3.63, 3.8) is 0 Å². The Morgan fingerprint density at radius 3 is 0.583 bits per heavy atom. The zero-order chi connectivity index (χ0) is 15.3. The molecule has 3 heterocycles. The van der Waals surface area contributed by atoms with Crippen molar-refractivity contribution < 1.29 is 14.1 Å². The van der Waals surface area contributed by atoms with Crippen molar-refractivity contribution in [1.29, 1.82) is 0 Å². The number of nitrogens with zero attached hydrogens (tertiary/aromatic N) is 3. The molecule has 3 rings (SSSR count). The average molecular weight is 412 g/mol. The van der Waals surface area contributed by atoms with Crippen LogP contribution in [0.5, 0.6) is 0 Å². The van der Waals surface area contributed by atoms with E-state index in [1.54, 1.807) is 0 Å². The SMILES string of the molecule is F.F.F.SN1CCCCC1.SN1CCCCC1.SN1CCCCC1. The van der Waals surface area contributed by atoms with E-state index in [2.05, 4.69) is 51.4 Å². The van der Waals surface area contributed by atoms with Crippen LogP contribution in [0.4, 0.5) is 14.1 Å². The Kier molecular flexibility index (Phi) is 24.6. The Hall–Kier alpha value is 0.720. The van der Waals surface area contributed by atoms with Gasteiger partial charge in [-0.3, -0.25) is 27.0 Å². The lowest BCUT2D eigenvalue weighted by molar-refractivity contribution is 0.385. The molecule has 0 aromatic rings. The van der Waals surface area contributed by atoms with Gasteiger partial charge in [0.25, 0.3) is 0 Å². The van der Waals surface area contributed by atoms with E-state index >= 15 is 0 Å². The van der Waals surface area contributed by atoms with Crippen LogP contribution < -0.4 is 0 Å². The number of piperidine rings is 3. The van der Waals surface area contributed by atoms with Crippen molar-refractivity contribution in [2.75, 3.05) is 39.3 Å². The van der Waals surface area contributed by atoms with Crippen LogP contribution in [0.15, 0.2) is 0 Å². The topological polar surface area (TPSA) is 9.72 Å². The summed E-state index contributed by atoms with van der Waals surface area (Å²) in [5, 5.41) is 0. The highest BCUT2D eigenvalue weighted by Crippen LogP contribution is 2.10. The summed E-state index contributed by atoms with van der Waals surface area (Å²) in [6.45, 7) is 7.10. The largest absolute Gasteiger partial charge is 0.269 e. The molecule has 24 heavy (non-hydrogen) atoms. The molecule has 0 unspecified atom stereocenters. The maximum absolute atomic E-state index is 4.19.